The lowest BCUT2D eigenvalue weighted by Crippen LogP contribution is -1.74. The molecule has 37 valence electrons. The predicted molar refractivity (Wildman–Crippen MR) is 24.1 cm³/mol. The van der Waals surface area contributed by atoms with Crippen molar-refractivity contribution in [3.8, 4) is 5.75 Å². The molecule has 0 atom stereocenters. The van der Waals surface area contributed by atoms with Gasteiger partial charge in [0.25, 0.3) is 0 Å². The summed E-state index contributed by atoms with van der Waals surface area (Å²) in [6.45, 7) is 0. The molecule has 2 heteroatoms. The third kappa shape index (κ3) is 0.738. The van der Waals surface area contributed by atoms with Gasteiger partial charge in [0.2, 0.25) is 0 Å². The first-order valence-electron chi connectivity index (χ1n) is 1.92. The minimum absolute atomic E-state index is 0.708. The molecule has 0 aliphatic rings. The van der Waals surface area contributed by atoms with Gasteiger partial charge in [0.1, 0.15) is 6.26 Å². The van der Waals surface area contributed by atoms with Crippen LogP contribution in [0.3, 0.4) is 0 Å². The molecule has 1 aromatic heterocycles. The number of methoxy groups -OCH3 is 1. The van der Waals surface area contributed by atoms with Crippen LogP contribution in [0.15, 0.2) is 16.7 Å². The lowest BCUT2D eigenvalue weighted by atomic mass is 10.6. The Morgan fingerprint density at radius 1 is 1.86 bits per heavy atom. The van der Waals surface area contributed by atoms with Gasteiger partial charge in [0, 0.05) is 6.07 Å². The summed E-state index contributed by atoms with van der Waals surface area (Å²) >= 11 is 0. The predicted octanol–water partition coefficient (Wildman–Crippen LogP) is 1.09. The van der Waals surface area contributed by atoms with Crippen molar-refractivity contribution in [3.63, 3.8) is 0 Å². The third-order valence-electron chi connectivity index (χ3n) is 0.680. The zero-order chi connectivity index (χ0) is 5.11. The van der Waals surface area contributed by atoms with Crippen molar-refractivity contribution in [1.82, 2.24) is 0 Å². The van der Waals surface area contributed by atoms with Crippen LogP contribution in [0.1, 0.15) is 0 Å². The molecule has 2 nitrogen and oxygen atoms in total. The minimum atomic E-state index is 0.708. The topological polar surface area (TPSA) is 22.4 Å². The Labute approximate surface area is 41.7 Å². The standard InChI is InChI=1S/C5H5O2/c1-6-5-2-3-7-4-5/h2,4H,1H3. The van der Waals surface area contributed by atoms with Gasteiger partial charge in [0.15, 0.2) is 12.0 Å². The van der Waals surface area contributed by atoms with Crippen molar-refractivity contribution in [3.05, 3.63) is 18.6 Å². The molecule has 1 radical (unpaired) electrons. The highest BCUT2D eigenvalue weighted by Crippen LogP contribution is 2.06. The molecule has 0 aliphatic carbocycles. The highest BCUT2D eigenvalue weighted by Gasteiger charge is 1.85. The second-order valence-electron chi connectivity index (χ2n) is 1.10. The molecule has 0 bridgehead atoms. The first-order valence-corrected chi connectivity index (χ1v) is 1.92. The summed E-state index contributed by atoms with van der Waals surface area (Å²) in [5.41, 5.74) is 0. The van der Waals surface area contributed by atoms with Crippen LogP contribution < -0.4 is 4.74 Å². The molecule has 0 spiro atoms. The second-order valence-corrected chi connectivity index (χ2v) is 1.10. The van der Waals surface area contributed by atoms with Crippen LogP contribution in [-0.4, -0.2) is 7.11 Å². The maximum atomic E-state index is 4.73. The maximum absolute atomic E-state index is 4.73. The van der Waals surface area contributed by atoms with Crippen LogP contribution in [0.25, 0.3) is 0 Å². The van der Waals surface area contributed by atoms with Crippen molar-refractivity contribution in [2.75, 3.05) is 7.11 Å². The molecule has 0 unspecified atom stereocenters. The second kappa shape index (κ2) is 1.69. The summed E-state index contributed by atoms with van der Waals surface area (Å²) in [4.78, 5) is 0. The normalized spacial score (nSPS) is 8.71. The van der Waals surface area contributed by atoms with E-state index < -0.39 is 0 Å². The first kappa shape index (κ1) is 4.24. The average Bonchev–Trinajstić information content (AvgIpc) is 2.14. The van der Waals surface area contributed by atoms with Gasteiger partial charge in [-0.25, -0.2) is 0 Å². The Hall–Kier alpha value is -0.920. The average molecular weight is 97.1 g/mol. The van der Waals surface area contributed by atoms with Gasteiger partial charge < -0.3 is 9.15 Å². The van der Waals surface area contributed by atoms with Gasteiger partial charge in [-0.15, -0.1) is 0 Å². The molecular weight excluding hydrogens is 92.1 g/mol. The van der Waals surface area contributed by atoms with E-state index >= 15 is 0 Å². The summed E-state index contributed by atoms with van der Waals surface area (Å²) in [7, 11) is 1.58. The summed E-state index contributed by atoms with van der Waals surface area (Å²) < 4.78 is 9.28. The lowest BCUT2D eigenvalue weighted by molar-refractivity contribution is 0.406. The number of furan rings is 1. The zero-order valence-electron chi connectivity index (χ0n) is 3.97. The molecule has 1 heterocycles. The lowest BCUT2D eigenvalue weighted by Gasteiger charge is -1.85. The summed E-state index contributed by atoms with van der Waals surface area (Å²) in [5, 5.41) is 0. The third-order valence-corrected chi connectivity index (χ3v) is 0.680. The fraction of sp³-hybridized carbons (Fsp3) is 0.200. The van der Waals surface area contributed by atoms with E-state index in [0.29, 0.717) is 5.75 Å². The van der Waals surface area contributed by atoms with E-state index in [1.807, 2.05) is 0 Å². The molecule has 0 saturated heterocycles. The first-order chi connectivity index (χ1) is 3.43. The van der Waals surface area contributed by atoms with Crippen LogP contribution in [0, 0.1) is 6.26 Å². The summed E-state index contributed by atoms with van der Waals surface area (Å²) in [5.74, 6) is 0.708. The zero-order valence-corrected chi connectivity index (χ0v) is 3.97. The van der Waals surface area contributed by atoms with Crippen LogP contribution in [0.5, 0.6) is 5.75 Å². The Kier molecular flexibility index (Phi) is 1.02. The van der Waals surface area contributed by atoms with Crippen LogP contribution in [-0.2, 0) is 0 Å². The van der Waals surface area contributed by atoms with Crippen molar-refractivity contribution in [2.24, 2.45) is 0 Å². The fourth-order valence-corrected chi connectivity index (χ4v) is 0.325. The molecular formula is C5H5O2. The van der Waals surface area contributed by atoms with Crippen molar-refractivity contribution < 1.29 is 9.15 Å². The molecule has 1 aromatic rings. The van der Waals surface area contributed by atoms with E-state index in [1.54, 1.807) is 13.2 Å². The quantitative estimate of drug-likeness (QED) is 0.523. The summed E-state index contributed by atoms with van der Waals surface area (Å²) in [6.07, 6.45) is 3.97. The Balaban J connectivity index is 2.76. The molecule has 0 N–H and O–H groups in total. The minimum Gasteiger partial charge on any atom is -0.493 e. The van der Waals surface area contributed by atoms with Crippen LogP contribution in [0.4, 0.5) is 0 Å². The van der Waals surface area contributed by atoms with Crippen molar-refractivity contribution in [1.29, 1.82) is 0 Å². The van der Waals surface area contributed by atoms with E-state index in [9.17, 15) is 0 Å². The van der Waals surface area contributed by atoms with E-state index in [0.717, 1.165) is 0 Å². The number of hydrogen-bond donors (Lipinski definition) is 0. The maximum Gasteiger partial charge on any atom is 0.173 e. The van der Waals surface area contributed by atoms with Gasteiger partial charge in [-0.05, 0) is 0 Å². The van der Waals surface area contributed by atoms with E-state index in [1.165, 1.54) is 6.26 Å². The highest BCUT2D eigenvalue weighted by molar-refractivity contribution is 5.11. The number of ether oxygens (including phenoxy) is 1. The van der Waals surface area contributed by atoms with Gasteiger partial charge in [-0.2, -0.15) is 0 Å². The fourth-order valence-electron chi connectivity index (χ4n) is 0.325. The Morgan fingerprint density at radius 3 is 3.00 bits per heavy atom. The molecule has 0 saturated carbocycles. The van der Waals surface area contributed by atoms with Crippen molar-refractivity contribution >= 4 is 0 Å². The molecule has 7 heavy (non-hydrogen) atoms. The Bertz CT molecular complexity index is 121. The van der Waals surface area contributed by atoms with E-state index in [2.05, 4.69) is 10.7 Å². The van der Waals surface area contributed by atoms with Crippen LogP contribution in [0.2, 0.25) is 0 Å². The van der Waals surface area contributed by atoms with E-state index in [4.69, 9.17) is 4.74 Å². The van der Waals surface area contributed by atoms with Crippen molar-refractivity contribution in [2.45, 2.75) is 0 Å². The summed E-state index contributed by atoms with van der Waals surface area (Å²) in [6, 6.07) is 1.62. The molecule has 0 aromatic carbocycles. The smallest absolute Gasteiger partial charge is 0.173 e. The molecule has 0 aliphatic heterocycles. The molecule has 1 rings (SSSR count). The molecule has 0 fully saturated rings. The monoisotopic (exact) mass is 97.0 g/mol. The SMILES string of the molecule is COc1c[c]oc1. The number of hydrogen-bond acceptors (Lipinski definition) is 2. The highest BCUT2D eigenvalue weighted by atomic mass is 16.5. The van der Waals surface area contributed by atoms with Gasteiger partial charge in [0.05, 0.1) is 7.11 Å². The largest absolute Gasteiger partial charge is 0.493 e. The Morgan fingerprint density at radius 2 is 2.71 bits per heavy atom. The molecule has 0 amide bonds. The van der Waals surface area contributed by atoms with Gasteiger partial charge in [-0.1, -0.05) is 0 Å². The van der Waals surface area contributed by atoms with Gasteiger partial charge >= 0.3 is 0 Å². The van der Waals surface area contributed by atoms with E-state index in [-0.39, 0.29) is 0 Å². The van der Waals surface area contributed by atoms with Gasteiger partial charge in [-0.3, -0.25) is 0 Å². The number of rotatable bonds is 1. The van der Waals surface area contributed by atoms with Crippen LogP contribution >= 0.6 is 0 Å².